The van der Waals surface area contributed by atoms with E-state index in [0.29, 0.717) is 38.3 Å². The zero-order chi connectivity index (χ0) is 11.3. The topological polar surface area (TPSA) is 53.3 Å². The van der Waals surface area contributed by atoms with Crippen LogP contribution in [-0.2, 0) is 9.53 Å². The minimum atomic E-state index is -0.0645. The second-order valence-electron chi connectivity index (χ2n) is 3.74. The molecule has 0 aromatic heterocycles. The molecule has 0 saturated carbocycles. The van der Waals surface area contributed by atoms with Crippen molar-refractivity contribution in [3.63, 3.8) is 0 Å². The van der Waals surface area contributed by atoms with Crippen molar-refractivity contribution >= 4 is 5.91 Å². The smallest absolute Gasteiger partial charge is 0.223 e. The highest BCUT2D eigenvalue weighted by Crippen LogP contribution is 2.14. The predicted octanol–water partition coefficient (Wildman–Crippen LogP) is 0.951. The number of morpholine rings is 1. The molecule has 1 rings (SSSR count). The number of hydrogen-bond acceptors (Lipinski definition) is 3. The first kappa shape index (κ1) is 11.7. The SMILES string of the molecule is C=C(C#N)[C@H](C)CC(=O)N1CCOCC1. The van der Waals surface area contributed by atoms with Gasteiger partial charge >= 0.3 is 0 Å². The Labute approximate surface area is 90.1 Å². The maximum absolute atomic E-state index is 11.7. The monoisotopic (exact) mass is 208 g/mol. The normalized spacial score (nSPS) is 18.0. The van der Waals surface area contributed by atoms with Gasteiger partial charge in [0.15, 0.2) is 0 Å². The van der Waals surface area contributed by atoms with Crippen molar-refractivity contribution in [3.8, 4) is 6.07 Å². The molecule has 15 heavy (non-hydrogen) atoms. The van der Waals surface area contributed by atoms with Crippen LogP contribution in [0.4, 0.5) is 0 Å². The van der Waals surface area contributed by atoms with Gasteiger partial charge in [0.25, 0.3) is 0 Å². The van der Waals surface area contributed by atoms with Gasteiger partial charge in [0.05, 0.1) is 19.3 Å². The molecule has 1 aliphatic heterocycles. The number of amides is 1. The summed E-state index contributed by atoms with van der Waals surface area (Å²) in [5.74, 6) is 0.0209. The Morgan fingerprint density at radius 3 is 2.73 bits per heavy atom. The van der Waals surface area contributed by atoms with E-state index in [4.69, 9.17) is 10.00 Å². The van der Waals surface area contributed by atoms with Crippen LogP contribution < -0.4 is 0 Å². The van der Waals surface area contributed by atoms with Crippen molar-refractivity contribution < 1.29 is 9.53 Å². The molecule has 1 aliphatic rings. The van der Waals surface area contributed by atoms with E-state index >= 15 is 0 Å². The molecule has 0 aromatic carbocycles. The lowest BCUT2D eigenvalue weighted by molar-refractivity contribution is -0.135. The van der Waals surface area contributed by atoms with Gasteiger partial charge in [-0.2, -0.15) is 5.26 Å². The quantitative estimate of drug-likeness (QED) is 0.649. The lowest BCUT2D eigenvalue weighted by atomic mass is 9.99. The molecule has 4 heteroatoms. The molecule has 0 N–H and O–H groups in total. The Morgan fingerprint density at radius 1 is 1.60 bits per heavy atom. The summed E-state index contributed by atoms with van der Waals surface area (Å²) in [6, 6.07) is 1.98. The maximum Gasteiger partial charge on any atom is 0.223 e. The molecule has 0 aromatic rings. The van der Waals surface area contributed by atoms with E-state index in [0.717, 1.165) is 0 Å². The molecular formula is C11H16N2O2. The second-order valence-corrected chi connectivity index (χ2v) is 3.74. The van der Waals surface area contributed by atoms with Gasteiger partial charge in [-0.25, -0.2) is 0 Å². The number of nitrogens with zero attached hydrogens (tertiary/aromatic N) is 2. The molecule has 0 radical (unpaired) electrons. The fourth-order valence-corrected chi connectivity index (χ4v) is 1.44. The second kappa shape index (κ2) is 5.52. The number of ether oxygens (including phenoxy) is 1. The minimum Gasteiger partial charge on any atom is -0.378 e. The summed E-state index contributed by atoms with van der Waals surface area (Å²) in [6.45, 7) is 8.00. The Hall–Kier alpha value is -1.34. The van der Waals surface area contributed by atoms with Gasteiger partial charge in [0, 0.05) is 25.1 Å². The number of carbonyl (C=O) groups excluding carboxylic acids is 1. The third-order valence-corrected chi connectivity index (χ3v) is 2.58. The van der Waals surface area contributed by atoms with E-state index in [9.17, 15) is 4.79 Å². The van der Waals surface area contributed by atoms with Gasteiger partial charge < -0.3 is 9.64 Å². The fourth-order valence-electron chi connectivity index (χ4n) is 1.44. The number of nitriles is 1. The standard InChI is InChI=1S/C11H16N2O2/c1-9(10(2)8-12)7-11(14)13-3-5-15-6-4-13/h9H,2-7H2,1H3/t9-/m1/s1. The van der Waals surface area contributed by atoms with Crippen LogP contribution in [0.1, 0.15) is 13.3 Å². The van der Waals surface area contributed by atoms with Crippen molar-refractivity contribution in [3.05, 3.63) is 12.2 Å². The van der Waals surface area contributed by atoms with Crippen molar-refractivity contribution in [1.29, 1.82) is 5.26 Å². The van der Waals surface area contributed by atoms with Crippen LogP contribution in [0.2, 0.25) is 0 Å². The molecule has 4 nitrogen and oxygen atoms in total. The van der Waals surface area contributed by atoms with Gasteiger partial charge in [0.1, 0.15) is 0 Å². The molecule has 1 amide bonds. The summed E-state index contributed by atoms with van der Waals surface area (Å²) in [6.07, 6.45) is 0.367. The molecule has 0 aliphatic carbocycles. The van der Waals surface area contributed by atoms with Gasteiger partial charge in [-0.3, -0.25) is 4.79 Å². The zero-order valence-corrected chi connectivity index (χ0v) is 9.03. The third kappa shape index (κ3) is 3.37. The van der Waals surface area contributed by atoms with Gasteiger partial charge in [0.2, 0.25) is 5.91 Å². The summed E-state index contributed by atoms with van der Waals surface area (Å²) < 4.78 is 5.16. The van der Waals surface area contributed by atoms with E-state index in [1.54, 1.807) is 4.90 Å². The highest BCUT2D eigenvalue weighted by molar-refractivity contribution is 5.77. The average molecular weight is 208 g/mol. The molecule has 82 valence electrons. The summed E-state index contributed by atoms with van der Waals surface area (Å²) in [7, 11) is 0. The lowest BCUT2D eigenvalue weighted by Gasteiger charge is -2.27. The molecule has 0 bridgehead atoms. The van der Waals surface area contributed by atoms with Gasteiger partial charge in [-0.15, -0.1) is 0 Å². The van der Waals surface area contributed by atoms with Gasteiger partial charge in [-0.1, -0.05) is 13.5 Å². The molecule has 1 saturated heterocycles. The van der Waals surface area contributed by atoms with Crippen molar-refractivity contribution in [1.82, 2.24) is 4.90 Å². The predicted molar refractivity (Wildman–Crippen MR) is 55.9 cm³/mol. The van der Waals surface area contributed by atoms with Crippen LogP contribution in [0.5, 0.6) is 0 Å². The fraction of sp³-hybridized carbons (Fsp3) is 0.636. The van der Waals surface area contributed by atoms with E-state index < -0.39 is 0 Å². The van der Waals surface area contributed by atoms with Crippen molar-refractivity contribution in [2.75, 3.05) is 26.3 Å². The summed E-state index contributed by atoms with van der Waals surface area (Å²) in [5, 5.41) is 8.63. The molecule has 0 spiro atoms. The average Bonchev–Trinajstić information content (AvgIpc) is 2.29. The zero-order valence-electron chi connectivity index (χ0n) is 9.03. The van der Waals surface area contributed by atoms with E-state index in [-0.39, 0.29) is 11.8 Å². The third-order valence-electron chi connectivity index (χ3n) is 2.58. The van der Waals surface area contributed by atoms with Crippen LogP contribution in [0, 0.1) is 17.2 Å². The maximum atomic E-state index is 11.7. The number of hydrogen-bond donors (Lipinski definition) is 0. The Bertz CT molecular complexity index is 287. The summed E-state index contributed by atoms with van der Waals surface area (Å²) in [4.78, 5) is 13.5. The molecule has 1 fully saturated rings. The minimum absolute atomic E-state index is 0.0645. The first-order valence-corrected chi connectivity index (χ1v) is 5.09. The van der Waals surface area contributed by atoms with Crippen LogP contribution in [0.25, 0.3) is 0 Å². The molecule has 1 heterocycles. The van der Waals surface area contributed by atoms with Crippen molar-refractivity contribution in [2.24, 2.45) is 5.92 Å². The van der Waals surface area contributed by atoms with Crippen LogP contribution in [-0.4, -0.2) is 37.1 Å². The first-order chi connectivity index (χ1) is 7.15. The summed E-state index contributed by atoms with van der Waals surface area (Å²) >= 11 is 0. The van der Waals surface area contributed by atoms with Gasteiger partial charge in [-0.05, 0) is 5.92 Å². The van der Waals surface area contributed by atoms with E-state index in [1.165, 1.54) is 0 Å². The highest BCUT2D eigenvalue weighted by Gasteiger charge is 2.19. The largest absolute Gasteiger partial charge is 0.378 e. The summed E-state index contributed by atoms with van der Waals surface area (Å²) in [5.41, 5.74) is 0.469. The van der Waals surface area contributed by atoms with Crippen LogP contribution in [0.15, 0.2) is 12.2 Å². The molecular weight excluding hydrogens is 192 g/mol. The Kier molecular flexibility index (Phi) is 4.32. The number of carbonyl (C=O) groups is 1. The first-order valence-electron chi connectivity index (χ1n) is 5.09. The molecule has 0 unspecified atom stereocenters. The van der Waals surface area contributed by atoms with E-state index in [1.807, 2.05) is 13.0 Å². The van der Waals surface area contributed by atoms with Crippen LogP contribution in [0.3, 0.4) is 0 Å². The van der Waals surface area contributed by atoms with Crippen molar-refractivity contribution in [2.45, 2.75) is 13.3 Å². The lowest BCUT2D eigenvalue weighted by Crippen LogP contribution is -2.41. The number of rotatable bonds is 3. The Morgan fingerprint density at radius 2 is 2.20 bits per heavy atom. The highest BCUT2D eigenvalue weighted by atomic mass is 16.5. The Balaban J connectivity index is 2.41. The molecule has 1 atom stereocenters. The van der Waals surface area contributed by atoms with E-state index in [2.05, 4.69) is 6.58 Å². The van der Waals surface area contributed by atoms with Crippen LogP contribution >= 0.6 is 0 Å². The number of allylic oxidation sites excluding steroid dienone is 1.